The van der Waals surface area contributed by atoms with Crippen LogP contribution in [0.2, 0.25) is 0 Å². The molecule has 0 rings (SSSR count). The molecular formula is C47H91NO5. The van der Waals surface area contributed by atoms with E-state index in [4.69, 9.17) is 4.74 Å². The molecule has 2 atom stereocenters. The number of carbonyl (C=O) groups is 2. The lowest BCUT2D eigenvalue weighted by Crippen LogP contribution is -2.45. The molecular weight excluding hydrogens is 659 g/mol. The summed E-state index contributed by atoms with van der Waals surface area (Å²) in [6.45, 7) is 4.88. The van der Waals surface area contributed by atoms with Gasteiger partial charge < -0.3 is 20.3 Å². The molecule has 314 valence electrons. The Morgan fingerprint density at radius 3 is 1.34 bits per heavy atom. The summed E-state index contributed by atoms with van der Waals surface area (Å²) in [4.78, 5) is 24.4. The average molecular weight is 750 g/mol. The van der Waals surface area contributed by atoms with Crippen molar-refractivity contribution in [3.8, 4) is 0 Å². The van der Waals surface area contributed by atoms with Gasteiger partial charge in [-0.2, -0.15) is 0 Å². The van der Waals surface area contributed by atoms with Crippen molar-refractivity contribution in [1.82, 2.24) is 5.32 Å². The maximum absolute atomic E-state index is 12.4. The van der Waals surface area contributed by atoms with E-state index < -0.39 is 12.1 Å². The summed E-state index contributed by atoms with van der Waals surface area (Å²) in [5.41, 5.74) is 0. The molecule has 0 radical (unpaired) electrons. The number of ether oxygens (including phenoxy) is 1. The molecule has 6 heteroatoms. The molecule has 0 aliphatic rings. The van der Waals surface area contributed by atoms with E-state index in [1.165, 1.54) is 161 Å². The number of carbonyl (C=O) groups excluding carboxylic acids is 2. The van der Waals surface area contributed by atoms with Gasteiger partial charge in [0.25, 0.3) is 0 Å². The zero-order valence-electron chi connectivity index (χ0n) is 35.5. The van der Waals surface area contributed by atoms with Crippen molar-refractivity contribution in [3.63, 3.8) is 0 Å². The minimum Gasteiger partial charge on any atom is -0.466 e. The fourth-order valence-corrected chi connectivity index (χ4v) is 7.16. The summed E-state index contributed by atoms with van der Waals surface area (Å²) in [5, 5.41) is 23.1. The highest BCUT2D eigenvalue weighted by molar-refractivity contribution is 5.76. The van der Waals surface area contributed by atoms with Gasteiger partial charge in [-0.05, 0) is 51.4 Å². The minimum absolute atomic E-state index is 0.0225. The number of allylic oxidation sites excluding steroid dienone is 2. The molecule has 0 aromatic heterocycles. The number of amides is 1. The Balaban J connectivity index is 3.47. The van der Waals surface area contributed by atoms with Crippen molar-refractivity contribution in [3.05, 3.63) is 12.2 Å². The second-order valence-corrected chi connectivity index (χ2v) is 16.1. The predicted molar refractivity (Wildman–Crippen MR) is 227 cm³/mol. The topological polar surface area (TPSA) is 95.9 Å². The van der Waals surface area contributed by atoms with E-state index in [2.05, 4.69) is 31.3 Å². The fourth-order valence-electron chi connectivity index (χ4n) is 7.16. The minimum atomic E-state index is -0.674. The lowest BCUT2D eigenvalue weighted by atomic mass is 10.0. The molecule has 2 unspecified atom stereocenters. The number of rotatable bonds is 43. The molecule has 0 bridgehead atoms. The monoisotopic (exact) mass is 750 g/mol. The Hall–Kier alpha value is -1.40. The number of esters is 1. The SMILES string of the molecule is CCCCCCC/C=C\CCCCCCCC(=O)OCCCCCCCCCCCCCC(=O)NC(CO)C(O)CCCCCCCCCCCCC. The van der Waals surface area contributed by atoms with Crippen molar-refractivity contribution in [2.24, 2.45) is 0 Å². The van der Waals surface area contributed by atoms with Crippen LogP contribution in [-0.2, 0) is 14.3 Å². The number of nitrogens with one attached hydrogen (secondary N) is 1. The fraction of sp³-hybridized carbons (Fsp3) is 0.915. The average Bonchev–Trinajstić information content (AvgIpc) is 3.16. The normalized spacial score (nSPS) is 12.8. The van der Waals surface area contributed by atoms with E-state index in [0.717, 1.165) is 57.8 Å². The van der Waals surface area contributed by atoms with Gasteiger partial charge in [-0.25, -0.2) is 0 Å². The first kappa shape index (κ1) is 51.6. The molecule has 0 aliphatic heterocycles. The molecule has 0 spiro atoms. The molecule has 0 fully saturated rings. The van der Waals surface area contributed by atoms with Crippen LogP contribution >= 0.6 is 0 Å². The number of hydrogen-bond acceptors (Lipinski definition) is 5. The molecule has 0 heterocycles. The quantitative estimate of drug-likeness (QED) is 0.0328. The Kier molecular flexibility index (Phi) is 42.2. The van der Waals surface area contributed by atoms with Gasteiger partial charge in [0.2, 0.25) is 5.91 Å². The molecule has 0 saturated carbocycles. The Bertz CT molecular complexity index is 787. The molecule has 0 saturated heterocycles. The first-order valence-corrected chi connectivity index (χ1v) is 23.4. The number of unbranched alkanes of at least 4 members (excludes halogenated alkanes) is 30. The van der Waals surface area contributed by atoms with Gasteiger partial charge >= 0.3 is 5.97 Å². The lowest BCUT2D eigenvalue weighted by molar-refractivity contribution is -0.143. The Labute approximate surface area is 329 Å². The van der Waals surface area contributed by atoms with Crippen molar-refractivity contribution < 1.29 is 24.5 Å². The lowest BCUT2D eigenvalue weighted by Gasteiger charge is -2.22. The first-order valence-electron chi connectivity index (χ1n) is 23.4. The van der Waals surface area contributed by atoms with Gasteiger partial charge in [-0.3, -0.25) is 9.59 Å². The largest absolute Gasteiger partial charge is 0.466 e. The van der Waals surface area contributed by atoms with Gasteiger partial charge in [0.15, 0.2) is 0 Å². The summed E-state index contributed by atoms with van der Waals surface area (Å²) in [5.74, 6) is -0.0781. The van der Waals surface area contributed by atoms with E-state index in [9.17, 15) is 19.8 Å². The zero-order valence-corrected chi connectivity index (χ0v) is 35.5. The van der Waals surface area contributed by atoms with E-state index >= 15 is 0 Å². The van der Waals surface area contributed by atoms with Crippen LogP contribution in [0.5, 0.6) is 0 Å². The highest BCUT2D eigenvalue weighted by Crippen LogP contribution is 2.15. The smallest absolute Gasteiger partial charge is 0.305 e. The summed E-state index contributed by atoms with van der Waals surface area (Å²) in [7, 11) is 0. The van der Waals surface area contributed by atoms with Gasteiger partial charge in [-0.1, -0.05) is 199 Å². The predicted octanol–water partition coefficient (Wildman–Crippen LogP) is 13.4. The maximum Gasteiger partial charge on any atom is 0.305 e. The number of aliphatic hydroxyl groups excluding tert-OH is 2. The van der Waals surface area contributed by atoms with Crippen LogP contribution in [0.4, 0.5) is 0 Å². The van der Waals surface area contributed by atoms with E-state index in [1.807, 2.05) is 0 Å². The van der Waals surface area contributed by atoms with Crippen LogP contribution in [0.3, 0.4) is 0 Å². The van der Waals surface area contributed by atoms with Crippen LogP contribution in [0.1, 0.15) is 251 Å². The van der Waals surface area contributed by atoms with Gasteiger partial charge in [0, 0.05) is 12.8 Å². The van der Waals surface area contributed by atoms with Gasteiger partial charge in [0.1, 0.15) is 0 Å². The maximum atomic E-state index is 12.4. The third-order valence-electron chi connectivity index (χ3n) is 10.8. The van der Waals surface area contributed by atoms with Gasteiger partial charge in [0.05, 0.1) is 25.4 Å². The summed E-state index contributed by atoms with van der Waals surface area (Å²) < 4.78 is 5.44. The Morgan fingerprint density at radius 2 is 0.887 bits per heavy atom. The van der Waals surface area contributed by atoms with Crippen LogP contribution < -0.4 is 5.32 Å². The van der Waals surface area contributed by atoms with Crippen LogP contribution in [0.15, 0.2) is 12.2 Å². The second kappa shape index (κ2) is 43.3. The van der Waals surface area contributed by atoms with Crippen LogP contribution in [0, 0.1) is 0 Å². The summed E-state index contributed by atoms with van der Waals surface area (Å²) >= 11 is 0. The zero-order chi connectivity index (χ0) is 38.7. The highest BCUT2D eigenvalue weighted by atomic mass is 16.5. The standard InChI is InChI=1S/C47H91NO5/c1-3-5-7-9-11-13-15-16-17-21-25-29-33-37-41-47(52)53-42-38-34-30-26-22-18-20-24-28-32-36-40-46(51)48-44(43-49)45(50)39-35-31-27-23-19-14-12-10-8-6-4-2/h15-16,44-45,49-50H,3-14,17-43H2,1-2H3,(H,48,51)/b16-15-. The molecule has 53 heavy (non-hydrogen) atoms. The number of hydrogen-bond donors (Lipinski definition) is 3. The van der Waals surface area contributed by atoms with Crippen LogP contribution in [-0.4, -0.2) is 47.4 Å². The van der Waals surface area contributed by atoms with Crippen molar-refractivity contribution in [2.75, 3.05) is 13.2 Å². The van der Waals surface area contributed by atoms with E-state index in [-0.39, 0.29) is 18.5 Å². The van der Waals surface area contributed by atoms with E-state index in [1.54, 1.807) is 0 Å². The Morgan fingerprint density at radius 1 is 0.509 bits per heavy atom. The molecule has 3 N–H and O–H groups in total. The first-order chi connectivity index (χ1) is 26.0. The molecule has 0 aliphatic carbocycles. The van der Waals surface area contributed by atoms with Crippen molar-refractivity contribution >= 4 is 11.9 Å². The molecule has 6 nitrogen and oxygen atoms in total. The summed E-state index contributed by atoms with van der Waals surface area (Å²) in [6, 6.07) is -0.553. The number of aliphatic hydroxyl groups is 2. The third-order valence-corrected chi connectivity index (χ3v) is 10.8. The van der Waals surface area contributed by atoms with Gasteiger partial charge in [-0.15, -0.1) is 0 Å². The van der Waals surface area contributed by atoms with Crippen molar-refractivity contribution in [1.29, 1.82) is 0 Å². The summed E-state index contributed by atoms with van der Waals surface area (Å²) in [6.07, 6.45) is 47.3. The highest BCUT2D eigenvalue weighted by Gasteiger charge is 2.20. The second-order valence-electron chi connectivity index (χ2n) is 16.1. The molecule has 1 amide bonds. The third kappa shape index (κ3) is 40.1. The van der Waals surface area contributed by atoms with Crippen molar-refractivity contribution in [2.45, 2.75) is 264 Å². The molecule has 0 aromatic carbocycles. The molecule has 0 aromatic rings. The van der Waals surface area contributed by atoms with Crippen LogP contribution in [0.25, 0.3) is 0 Å². The van der Waals surface area contributed by atoms with E-state index in [0.29, 0.717) is 25.9 Å².